The molecule has 0 saturated carbocycles. The van der Waals surface area contributed by atoms with Crippen LogP contribution in [0.3, 0.4) is 0 Å². The second kappa shape index (κ2) is 5.47. The minimum atomic E-state index is -3.99. The molecule has 0 aliphatic carbocycles. The van der Waals surface area contributed by atoms with Crippen LogP contribution in [0, 0.1) is 0 Å². The van der Waals surface area contributed by atoms with Gasteiger partial charge in [-0.2, -0.15) is 8.42 Å². The van der Waals surface area contributed by atoms with Crippen LogP contribution in [0.15, 0.2) is 0 Å². The van der Waals surface area contributed by atoms with Gasteiger partial charge in [-0.1, -0.05) is 0 Å². The first-order valence-electron chi connectivity index (χ1n) is 2.82. The summed E-state index contributed by atoms with van der Waals surface area (Å²) in [4.78, 5) is 0. The first-order valence-corrected chi connectivity index (χ1v) is 4.32. The monoisotopic (exact) mass is 192 g/mol. The molecule has 0 fully saturated rings. The number of nitrogens with one attached hydrogen (secondary N) is 1. The zero-order valence-electron chi connectivity index (χ0n) is 5.90. The summed E-state index contributed by atoms with van der Waals surface area (Å²) in [7, 11) is -3.99. The van der Waals surface area contributed by atoms with E-state index in [0.29, 0.717) is 0 Å². The quantitative estimate of drug-likeness (QED) is 0.286. The average molecular weight is 192 g/mol. The molecule has 2 atom stereocenters. The molecule has 0 aliphatic heterocycles. The third kappa shape index (κ3) is 7.20. The molecule has 2 unspecified atom stereocenters. The predicted molar refractivity (Wildman–Crippen MR) is 44.9 cm³/mol. The summed E-state index contributed by atoms with van der Waals surface area (Å²) in [5, 5.41) is 1.42. The van der Waals surface area contributed by atoms with Gasteiger partial charge in [0.1, 0.15) is 5.37 Å². The Labute approximate surface area is 88.8 Å². The number of hydrogen-bond acceptors (Lipinski definition) is 4. The third-order valence-electron chi connectivity index (χ3n) is 0.944. The minimum absolute atomic E-state index is 0. The molecule has 0 heterocycles. The van der Waals surface area contributed by atoms with Crippen LogP contribution in [-0.4, -0.2) is 54.1 Å². The van der Waals surface area contributed by atoms with Crippen molar-refractivity contribution in [2.45, 2.75) is 25.4 Å². The Kier molecular flexibility index (Phi) is 7.14. The van der Waals surface area contributed by atoms with E-state index < -0.39 is 21.7 Å². The zero-order valence-corrected chi connectivity index (χ0v) is 6.72. The molecule has 5 nitrogen and oxygen atoms in total. The standard InChI is InChI=1S/C4H12N2O3S.Na.H/c1-3(5)6-4(2)10(7,8)9;;/h3-4,6H,5H2,1-2H3,(H,7,8,9);;. The van der Waals surface area contributed by atoms with Crippen LogP contribution in [0.4, 0.5) is 0 Å². The van der Waals surface area contributed by atoms with Crippen LogP contribution in [0.1, 0.15) is 13.8 Å². The molecule has 0 aromatic rings. The van der Waals surface area contributed by atoms with Gasteiger partial charge in [0, 0.05) is 0 Å². The van der Waals surface area contributed by atoms with E-state index in [1.165, 1.54) is 6.92 Å². The summed E-state index contributed by atoms with van der Waals surface area (Å²) in [6.45, 7) is 2.90. The van der Waals surface area contributed by atoms with Gasteiger partial charge >= 0.3 is 29.6 Å². The van der Waals surface area contributed by atoms with Crippen molar-refractivity contribution in [2.24, 2.45) is 5.73 Å². The van der Waals surface area contributed by atoms with Gasteiger partial charge < -0.3 is 5.73 Å². The fourth-order valence-corrected chi connectivity index (χ4v) is 0.843. The van der Waals surface area contributed by atoms with E-state index in [0.717, 1.165) is 0 Å². The van der Waals surface area contributed by atoms with Crippen molar-refractivity contribution in [2.75, 3.05) is 0 Å². The summed E-state index contributed by atoms with van der Waals surface area (Å²) in [5.41, 5.74) is 5.20. The number of hydrogen-bond donors (Lipinski definition) is 3. The molecule has 0 bridgehead atoms. The summed E-state index contributed by atoms with van der Waals surface area (Å²) in [6, 6.07) is 0. The molecule has 0 aromatic carbocycles. The van der Waals surface area contributed by atoms with Crippen molar-refractivity contribution < 1.29 is 13.0 Å². The van der Waals surface area contributed by atoms with E-state index >= 15 is 0 Å². The van der Waals surface area contributed by atoms with Crippen LogP contribution >= 0.6 is 0 Å². The Morgan fingerprint density at radius 1 is 1.45 bits per heavy atom. The first-order chi connectivity index (χ1) is 4.34. The van der Waals surface area contributed by atoms with Gasteiger partial charge in [-0.3, -0.25) is 9.87 Å². The van der Waals surface area contributed by atoms with Crippen molar-refractivity contribution in [1.82, 2.24) is 5.32 Å². The van der Waals surface area contributed by atoms with Crippen molar-refractivity contribution in [3.63, 3.8) is 0 Å². The van der Waals surface area contributed by atoms with E-state index in [9.17, 15) is 8.42 Å². The summed E-state index contributed by atoms with van der Waals surface area (Å²) in [5.74, 6) is 0. The summed E-state index contributed by atoms with van der Waals surface area (Å²) in [6.07, 6.45) is -0.447. The van der Waals surface area contributed by atoms with Crippen LogP contribution in [0.2, 0.25) is 0 Å². The Morgan fingerprint density at radius 3 is 1.91 bits per heavy atom. The summed E-state index contributed by atoms with van der Waals surface area (Å²) >= 11 is 0. The Balaban J connectivity index is 0. The van der Waals surface area contributed by atoms with Crippen molar-refractivity contribution in [3.8, 4) is 0 Å². The van der Waals surface area contributed by atoms with E-state index in [1.807, 2.05) is 0 Å². The molecule has 64 valence electrons. The van der Waals surface area contributed by atoms with Gasteiger partial charge in [-0.15, -0.1) is 0 Å². The van der Waals surface area contributed by atoms with Gasteiger partial charge in [0.25, 0.3) is 10.1 Å². The molecule has 0 rings (SSSR count). The second-order valence-electron chi connectivity index (χ2n) is 2.11. The zero-order chi connectivity index (χ0) is 8.36. The Morgan fingerprint density at radius 2 is 1.82 bits per heavy atom. The molecule has 0 aliphatic rings. The normalized spacial score (nSPS) is 16.7. The van der Waals surface area contributed by atoms with Crippen molar-refractivity contribution >= 4 is 39.7 Å². The van der Waals surface area contributed by atoms with Crippen LogP contribution in [0.25, 0.3) is 0 Å². The molecular weight excluding hydrogens is 179 g/mol. The van der Waals surface area contributed by atoms with Crippen LogP contribution < -0.4 is 11.1 Å². The Hall–Kier alpha value is 0.830. The van der Waals surface area contributed by atoms with Gasteiger partial charge in [0.05, 0.1) is 6.17 Å². The molecule has 0 radical (unpaired) electrons. The van der Waals surface area contributed by atoms with Gasteiger partial charge in [-0.25, -0.2) is 0 Å². The van der Waals surface area contributed by atoms with Crippen molar-refractivity contribution in [3.05, 3.63) is 0 Å². The molecule has 0 aromatic heterocycles. The van der Waals surface area contributed by atoms with Crippen molar-refractivity contribution in [1.29, 1.82) is 0 Å². The molecule has 0 amide bonds. The fourth-order valence-electron chi connectivity index (χ4n) is 0.456. The predicted octanol–water partition coefficient (Wildman–Crippen LogP) is -1.53. The van der Waals surface area contributed by atoms with Crippen LogP contribution in [0.5, 0.6) is 0 Å². The molecule has 11 heavy (non-hydrogen) atoms. The molecule has 0 saturated heterocycles. The van der Waals surface area contributed by atoms with Gasteiger partial charge in [0.2, 0.25) is 0 Å². The molecular formula is C4H13N2NaO3S. The summed E-state index contributed by atoms with van der Waals surface area (Å²) < 4.78 is 29.0. The fraction of sp³-hybridized carbons (Fsp3) is 1.00. The maximum absolute atomic E-state index is 10.3. The van der Waals surface area contributed by atoms with Gasteiger partial charge in [0.15, 0.2) is 0 Å². The van der Waals surface area contributed by atoms with Crippen LogP contribution in [-0.2, 0) is 10.1 Å². The topological polar surface area (TPSA) is 92.4 Å². The van der Waals surface area contributed by atoms with E-state index in [4.69, 9.17) is 10.3 Å². The maximum atomic E-state index is 10.3. The molecule has 0 spiro atoms. The second-order valence-corrected chi connectivity index (χ2v) is 3.85. The molecule has 4 N–H and O–H groups in total. The number of rotatable bonds is 3. The third-order valence-corrected chi connectivity index (χ3v) is 1.97. The van der Waals surface area contributed by atoms with E-state index in [-0.39, 0.29) is 29.6 Å². The average Bonchev–Trinajstić information content (AvgIpc) is 1.60. The van der Waals surface area contributed by atoms with E-state index in [2.05, 4.69) is 5.32 Å². The first kappa shape index (κ1) is 14.4. The molecule has 7 heteroatoms. The van der Waals surface area contributed by atoms with E-state index in [1.54, 1.807) is 6.92 Å². The SMILES string of the molecule is CC(N)NC(C)S(=O)(=O)O.[NaH]. The Bertz CT molecular complexity index is 192. The number of nitrogens with two attached hydrogens (primary N) is 1. The van der Waals surface area contributed by atoms with Gasteiger partial charge in [-0.05, 0) is 13.8 Å².